The van der Waals surface area contributed by atoms with Gasteiger partial charge in [-0.25, -0.2) is 0 Å². The summed E-state index contributed by atoms with van der Waals surface area (Å²) >= 11 is 0. The minimum atomic E-state index is -0.436. The lowest BCUT2D eigenvalue weighted by Gasteiger charge is -2.02. The lowest BCUT2D eigenvalue weighted by atomic mass is 10.2. The molecule has 82 valence electrons. The molecule has 0 fully saturated rings. The van der Waals surface area contributed by atoms with Gasteiger partial charge in [-0.2, -0.15) is 0 Å². The molecule has 0 radical (unpaired) electrons. The molecule has 0 saturated heterocycles. The van der Waals surface area contributed by atoms with E-state index in [1.54, 1.807) is 25.1 Å². The Kier molecular flexibility index (Phi) is 2.59. The Labute approximate surface area is 91.7 Å². The van der Waals surface area contributed by atoms with E-state index in [2.05, 4.69) is 10.5 Å². The summed E-state index contributed by atoms with van der Waals surface area (Å²) in [7, 11) is 0. The van der Waals surface area contributed by atoms with Crippen LogP contribution in [0.4, 0.5) is 5.88 Å². The molecular weight excluding hydrogens is 208 g/mol. The average molecular weight is 218 g/mol. The Morgan fingerprint density at radius 1 is 1.44 bits per heavy atom. The van der Waals surface area contributed by atoms with E-state index in [0.29, 0.717) is 5.69 Å². The van der Waals surface area contributed by atoms with Gasteiger partial charge in [0, 0.05) is 6.07 Å². The van der Waals surface area contributed by atoms with Gasteiger partial charge in [-0.05, 0) is 19.1 Å². The SMILES string of the molecule is Cc1cc(NC(=O)c2ccccc2O)on1. The van der Waals surface area contributed by atoms with Crippen molar-refractivity contribution in [3.8, 4) is 5.75 Å². The molecule has 2 N–H and O–H groups in total. The number of phenolic OH excluding ortho intramolecular Hbond substituents is 1. The summed E-state index contributed by atoms with van der Waals surface area (Å²) in [5.74, 6) is -0.253. The van der Waals surface area contributed by atoms with Gasteiger partial charge < -0.3 is 9.63 Å². The van der Waals surface area contributed by atoms with Crippen molar-refractivity contribution in [2.24, 2.45) is 0 Å². The van der Waals surface area contributed by atoms with Crippen LogP contribution in [0.2, 0.25) is 0 Å². The van der Waals surface area contributed by atoms with Crippen LogP contribution in [0.5, 0.6) is 5.75 Å². The van der Waals surface area contributed by atoms with Gasteiger partial charge in [0.1, 0.15) is 5.75 Å². The third-order valence-corrected chi connectivity index (χ3v) is 2.01. The van der Waals surface area contributed by atoms with Crippen LogP contribution in [0.15, 0.2) is 34.9 Å². The maximum atomic E-state index is 11.7. The number of amides is 1. The highest BCUT2D eigenvalue weighted by atomic mass is 16.5. The van der Waals surface area contributed by atoms with Gasteiger partial charge in [-0.3, -0.25) is 10.1 Å². The molecule has 5 heteroatoms. The van der Waals surface area contributed by atoms with E-state index >= 15 is 0 Å². The summed E-state index contributed by atoms with van der Waals surface area (Å²) in [6, 6.07) is 7.87. The second-order valence-electron chi connectivity index (χ2n) is 3.30. The van der Waals surface area contributed by atoms with Gasteiger partial charge in [0.25, 0.3) is 5.91 Å². The number of hydrogen-bond donors (Lipinski definition) is 2. The smallest absolute Gasteiger partial charge is 0.261 e. The number of aryl methyl sites for hydroxylation is 1. The van der Waals surface area contributed by atoms with Gasteiger partial charge in [-0.1, -0.05) is 17.3 Å². The largest absolute Gasteiger partial charge is 0.507 e. The summed E-state index contributed by atoms with van der Waals surface area (Å²) in [5, 5.41) is 15.6. The van der Waals surface area contributed by atoms with Crippen molar-refractivity contribution in [3.63, 3.8) is 0 Å². The Bertz CT molecular complexity index is 519. The first-order chi connectivity index (χ1) is 7.66. The molecule has 2 aromatic rings. The Morgan fingerprint density at radius 2 is 2.19 bits per heavy atom. The first-order valence-electron chi connectivity index (χ1n) is 4.69. The number of para-hydroxylation sites is 1. The second kappa shape index (κ2) is 4.06. The van der Waals surface area contributed by atoms with Crippen molar-refractivity contribution in [2.75, 3.05) is 5.32 Å². The van der Waals surface area contributed by atoms with Crippen molar-refractivity contribution >= 4 is 11.8 Å². The van der Waals surface area contributed by atoms with Gasteiger partial charge in [0.05, 0.1) is 11.3 Å². The Balaban J connectivity index is 2.18. The summed E-state index contributed by atoms with van der Waals surface area (Å²) in [4.78, 5) is 11.7. The zero-order valence-corrected chi connectivity index (χ0v) is 8.60. The van der Waals surface area contributed by atoms with Crippen LogP contribution < -0.4 is 5.32 Å². The van der Waals surface area contributed by atoms with E-state index in [1.165, 1.54) is 12.1 Å². The van der Waals surface area contributed by atoms with Crippen LogP contribution in [0.3, 0.4) is 0 Å². The van der Waals surface area contributed by atoms with E-state index in [1.807, 2.05) is 0 Å². The number of phenols is 1. The lowest BCUT2D eigenvalue weighted by molar-refractivity contribution is 0.102. The number of aromatic hydroxyl groups is 1. The molecule has 1 aromatic heterocycles. The number of hydrogen-bond acceptors (Lipinski definition) is 4. The molecule has 1 aromatic carbocycles. The van der Waals surface area contributed by atoms with Crippen molar-refractivity contribution in [3.05, 3.63) is 41.6 Å². The molecular formula is C11H10N2O3. The first kappa shape index (κ1) is 10.2. The minimum Gasteiger partial charge on any atom is -0.507 e. The fraction of sp³-hybridized carbons (Fsp3) is 0.0909. The van der Waals surface area contributed by atoms with Crippen LogP contribution in [-0.2, 0) is 0 Å². The number of anilines is 1. The molecule has 0 aliphatic heterocycles. The predicted octanol–water partition coefficient (Wildman–Crippen LogP) is 1.94. The number of benzene rings is 1. The molecule has 0 bridgehead atoms. The Hall–Kier alpha value is -2.30. The molecule has 0 atom stereocenters. The van der Waals surface area contributed by atoms with Crippen LogP contribution >= 0.6 is 0 Å². The number of aromatic nitrogens is 1. The molecule has 1 amide bonds. The van der Waals surface area contributed by atoms with Crippen LogP contribution in [0.1, 0.15) is 16.1 Å². The molecule has 0 saturated carbocycles. The molecule has 1 heterocycles. The normalized spacial score (nSPS) is 10.1. The van der Waals surface area contributed by atoms with Gasteiger partial charge in [0.2, 0.25) is 5.88 Å². The molecule has 0 aliphatic carbocycles. The van der Waals surface area contributed by atoms with Crippen molar-refractivity contribution < 1.29 is 14.4 Å². The fourth-order valence-corrected chi connectivity index (χ4v) is 1.27. The maximum Gasteiger partial charge on any atom is 0.261 e. The number of rotatable bonds is 2. The molecule has 0 spiro atoms. The fourth-order valence-electron chi connectivity index (χ4n) is 1.27. The van der Waals surface area contributed by atoms with Gasteiger partial charge in [0.15, 0.2) is 0 Å². The van der Waals surface area contributed by atoms with Crippen LogP contribution in [0.25, 0.3) is 0 Å². The number of nitrogens with zero attached hydrogens (tertiary/aromatic N) is 1. The number of carbonyl (C=O) groups excluding carboxylic acids is 1. The predicted molar refractivity (Wildman–Crippen MR) is 57.3 cm³/mol. The standard InChI is InChI=1S/C11H10N2O3/c1-7-6-10(16-13-7)12-11(15)8-4-2-3-5-9(8)14/h2-6,14H,1H3,(H,12,15). The van der Waals surface area contributed by atoms with Gasteiger partial charge in [-0.15, -0.1) is 0 Å². The topological polar surface area (TPSA) is 75.4 Å². The zero-order chi connectivity index (χ0) is 11.5. The summed E-state index contributed by atoms with van der Waals surface area (Å²) < 4.78 is 4.83. The molecule has 0 unspecified atom stereocenters. The highest BCUT2D eigenvalue weighted by Gasteiger charge is 2.12. The maximum absolute atomic E-state index is 11.7. The molecule has 16 heavy (non-hydrogen) atoms. The number of nitrogens with one attached hydrogen (secondary N) is 1. The summed E-state index contributed by atoms with van der Waals surface area (Å²) in [5.41, 5.74) is 0.865. The quantitative estimate of drug-likeness (QED) is 0.807. The van der Waals surface area contributed by atoms with Crippen LogP contribution in [-0.4, -0.2) is 16.2 Å². The van der Waals surface area contributed by atoms with E-state index < -0.39 is 5.91 Å². The molecule has 2 rings (SSSR count). The zero-order valence-electron chi connectivity index (χ0n) is 8.60. The third-order valence-electron chi connectivity index (χ3n) is 2.01. The lowest BCUT2D eigenvalue weighted by Crippen LogP contribution is -2.11. The molecule has 5 nitrogen and oxygen atoms in total. The Morgan fingerprint density at radius 3 is 2.81 bits per heavy atom. The van der Waals surface area contributed by atoms with Crippen LogP contribution in [0, 0.1) is 6.92 Å². The van der Waals surface area contributed by atoms with Crippen molar-refractivity contribution in [1.82, 2.24) is 5.16 Å². The van der Waals surface area contributed by atoms with Crippen molar-refractivity contribution in [2.45, 2.75) is 6.92 Å². The van der Waals surface area contributed by atoms with E-state index in [4.69, 9.17) is 4.52 Å². The van der Waals surface area contributed by atoms with E-state index in [0.717, 1.165) is 0 Å². The third kappa shape index (κ3) is 2.03. The molecule has 0 aliphatic rings. The van der Waals surface area contributed by atoms with Gasteiger partial charge >= 0.3 is 0 Å². The highest BCUT2D eigenvalue weighted by molar-refractivity contribution is 6.05. The summed E-state index contributed by atoms with van der Waals surface area (Å²) in [6.45, 7) is 1.75. The van der Waals surface area contributed by atoms with Crippen molar-refractivity contribution in [1.29, 1.82) is 0 Å². The monoisotopic (exact) mass is 218 g/mol. The van der Waals surface area contributed by atoms with E-state index in [-0.39, 0.29) is 17.2 Å². The highest BCUT2D eigenvalue weighted by Crippen LogP contribution is 2.17. The number of carbonyl (C=O) groups is 1. The summed E-state index contributed by atoms with van der Waals surface area (Å²) in [6.07, 6.45) is 0. The average Bonchev–Trinajstić information content (AvgIpc) is 2.64. The second-order valence-corrected chi connectivity index (χ2v) is 3.30. The minimum absolute atomic E-state index is 0.0729. The first-order valence-corrected chi connectivity index (χ1v) is 4.69. The van der Waals surface area contributed by atoms with E-state index in [9.17, 15) is 9.90 Å².